The van der Waals surface area contributed by atoms with Gasteiger partial charge in [0.05, 0.1) is 10.2 Å². The van der Waals surface area contributed by atoms with Crippen LogP contribution in [0.25, 0.3) is 10.2 Å². The molecule has 3 aromatic rings. The maximum atomic E-state index is 13.5. The highest BCUT2D eigenvalue weighted by Gasteiger charge is 2.12. The Morgan fingerprint density at radius 3 is 2.79 bits per heavy atom. The zero-order valence-corrected chi connectivity index (χ0v) is 10.4. The Bertz CT molecular complexity index is 757. The van der Waals surface area contributed by atoms with Gasteiger partial charge in [0, 0.05) is 6.07 Å². The Balaban J connectivity index is 2.05. The minimum absolute atomic E-state index is 0.207. The molecule has 0 bridgehead atoms. The van der Waals surface area contributed by atoms with Gasteiger partial charge in [-0.1, -0.05) is 0 Å². The molecule has 3 rings (SSSR count). The highest BCUT2D eigenvalue weighted by molar-refractivity contribution is 7.16. The third kappa shape index (κ3) is 2.10. The van der Waals surface area contributed by atoms with E-state index in [1.165, 1.54) is 11.3 Å². The standard InChI is InChI=1S/C13H8F2N2OS/c14-7-1-2-8(15)10(5-7)18-9-3-4-11-13(12(9)16)17-6-19-11/h1-6H,16H2. The molecule has 2 aromatic carbocycles. The lowest BCUT2D eigenvalue weighted by molar-refractivity contribution is 0.438. The number of nitrogens with two attached hydrogens (primary N) is 1. The smallest absolute Gasteiger partial charge is 0.166 e. The molecule has 3 nitrogen and oxygen atoms in total. The lowest BCUT2D eigenvalue weighted by Gasteiger charge is -2.09. The van der Waals surface area contributed by atoms with E-state index in [4.69, 9.17) is 10.5 Å². The van der Waals surface area contributed by atoms with Crippen molar-refractivity contribution in [2.24, 2.45) is 0 Å². The first kappa shape index (κ1) is 11.9. The van der Waals surface area contributed by atoms with Crippen LogP contribution in [0.15, 0.2) is 35.8 Å². The highest BCUT2D eigenvalue weighted by atomic mass is 32.1. The second-order valence-electron chi connectivity index (χ2n) is 3.85. The number of hydrogen-bond donors (Lipinski definition) is 1. The molecule has 1 aromatic heterocycles. The van der Waals surface area contributed by atoms with E-state index in [0.717, 1.165) is 22.9 Å². The van der Waals surface area contributed by atoms with Gasteiger partial charge in [0.15, 0.2) is 17.3 Å². The first-order chi connectivity index (χ1) is 9.15. The zero-order valence-electron chi connectivity index (χ0n) is 9.56. The van der Waals surface area contributed by atoms with E-state index in [1.54, 1.807) is 17.6 Å². The molecule has 0 amide bonds. The average Bonchev–Trinajstić information content (AvgIpc) is 2.86. The molecule has 0 unspecified atom stereocenters. The Hall–Kier alpha value is -2.21. The summed E-state index contributed by atoms with van der Waals surface area (Å²) >= 11 is 1.44. The maximum Gasteiger partial charge on any atom is 0.166 e. The average molecular weight is 278 g/mol. The summed E-state index contributed by atoms with van der Waals surface area (Å²) in [6.45, 7) is 0. The Kier molecular flexibility index (Phi) is 2.79. The van der Waals surface area contributed by atoms with Crippen LogP contribution >= 0.6 is 11.3 Å². The van der Waals surface area contributed by atoms with Gasteiger partial charge in [0.25, 0.3) is 0 Å². The number of benzene rings is 2. The molecular formula is C13H8F2N2OS. The first-order valence-electron chi connectivity index (χ1n) is 5.40. The summed E-state index contributed by atoms with van der Waals surface area (Å²) in [5, 5.41) is 0. The van der Waals surface area contributed by atoms with Crippen LogP contribution in [0.1, 0.15) is 0 Å². The van der Waals surface area contributed by atoms with Crippen molar-refractivity contribution in [1.82, 2.24) is 4.98 Å². The highest BCUT2D eigenvalue weighted by Crippen LogP contribution is 2.35. The number of nitrogen functional groups attached to an aromatic ring is 1. The minimum atomic E-state index is -0.654. The molecular weight excluding hydrogens is 270 g/mol. The summed E-state index contributed by atoms with van der Waals surface area (Å²) in [4.78, 5) is 4.11. The van der Waals surface area contributed by atoms with Crippen molar-refractivity contribution in [3.63, 3.8) is 0 Å². The van der Waals surface area contributed by atoms with Gasteiger partial charge in [-0.05, 0) is 24.3 Å². The normalized spacial score (nSPS) is 10.8. The molecule has 0 atom stereocenters. The van der Waals surface area contributed by atoms with Gasteiger partial charge in [-0.15, -0.1) is 11.3 Å². The molecule has 96 valence electrons. The van der Waals surface area contributed by atoms with Crippen molar-refractivity contribution >= 4 is 27.2 Å². The summed E-state index contributed by atoms with van der Waals surface area (Å²) in [5.74, 6) is -1.19. The number of thiazole rings is 1. The van der Waals surface area contributed by atoms with E-state index >= 15 is 0 Å². The molecule has 0 aliphatic carbocycles. The van der Waals surface area contributed by atoms with Gasteiger partial charge in [0.1, 0.15) is 17.0 Å². The molecule has 0 aliphatic rings. The van der Waals surface area contributed by atoms with E-state index in [2.05, 4.69) is 4.98 Å². The fourth-order valence-corrected chi connectivity index (χ4v) is 2.39. The molecule has 19 heavy (non-hydrogen) atoms. The van der Waals surface area contributed by atoms with Crippen molar-refractivity contribution in [1.29, 1.82) is 0 Å². The van der Waals surface area contributed by atoms with E-state index < -0.39 is 11.6 Å². The van der Waals surface area contributed by atoms with Gasteiger partial charge in [0.2, 0.25) is 0 Å². The number of nitrogens with zero attached hydrogens (tertiary/aromatic N) is 1. The van der Waals surface area contributed by atoms with E-state index in [1.807, 2.05) is 0 Å². The topological polar surface area (TPSA) is 48.1 Å². The fraction of sp³-hybridized carbons (Fsp3) is 0. The van der Waals surface area contributed by atoms with Crippen LogP contribution in [0, 0.1) is 11.6 Å². The van der Waals surface area contributed by atoms with Crippen LogP contribution in [0.3, 0.4) is 0 Å². The van der Waals surface area contributed by atoms with Crippen molar-refractivity contribution in [2.45, 2.75) is 0 Å². The summed E-state index contributed by atoms with van der Waals surface area (Å²) in [7, 11) is 0. The van der Waals surface area contributed by atoms with Crippen LogP contribution in [0.5, 0.6) is 11.5 Å². The quantitative estimate of drug-likeness (QED) is 0.722. The molecule has 0 radical (unpaired) electrons. The predicted molar refractivity (Wildman–Crippen MR) is 70.5 cm³/mol. The van der Waals surface area contributed by atoms with Crippen molar-refractivity contribution in [3.8, 4) is 11.5 Å². The first-order valence-corrected chi connectivity index (χ1v) is 6.27. The monoisotopic (exact) mass is 278 g/mol. The molecule has 0 saturated carbocycles. The number of hydrogen-bond acceptors (Lipinski definition) is 4. The van der Waals surface area contributed by atoms with Crippen molar-refractivity contribution in [2.75, 3.05) is 5.73 Å². The van der Waals surface area contributed by atoms with E-state index in [9.17, 15) is 8.78 Å². The van der Waals surface area contributed by atoms with Gasteiger partial charge in [-0.3, -0.25) is 0 Å². The van der Waals surface area contributed by atoms with Gasteiger partial charge >= 0.3 is 0 Å². The third-order valence-corrected chi connectivity index (χ3v) is 3.41. The van der Waals surface area contributed by atoms with Crippen molar-refractivity contribution < 1.29 is 13.5 Å². The number of halogens is 2. The van der Waals surface area contributed by atoms with Crippen LogP contribution in [-0.4, -0.2) is 4.98 Å². The SMILES string of the molecule is Nc1c(Oc2cc(F)ccc2F)ccc2scnc12. The molecule has 0 fully saturated rings. The van der Waals surface area contributed by atoms with Gasteiger partial charge in [-0.2, -0.15) is 0 Å². The third-order valence-electron chi connectivity index (χ3n) is 2.61. The minimum Gasteiger partial charge on any atom is -0.452 e. The van der Waals surface area contributed by atoms with E-state index in [-0.39, 0.29) is 11.5 Å². The number of aromatic nitrogens is 1. The lowest BCUT2D eigenvalue weighted by atomic mass is 10.2. The fourth-order valence-electron chi connectivity index (χ4n) is 1.70. The Morgan fingerprint density at radius 2 is 1.95 bits per heavy atom. The second-order valence-corrected chi connectivity index (χ2v) is 4.74. The van der Waals surface area contributed by atoms with Crippen LogP contribution < -0.4 is 10.5 Å². The zero-order chi connectivity index (χ0) is 13.4. The molecule has 1 heterocycles. The van der Waals surface area contributed by atoms with Crippen LogP contribution in [0.4, 0.5) is 14.5 Å². The molecule has 0 spiro atoms. The number of ether oxygens (including phenoxy) is 1. The van der Waals surface area contributed by atoms with Crippen molar-refractivity contribution in [3.05, 3.63) is 47.5 Å². The largest absolute Gasteiger partial charge is 0.452 e. The van der Waals surface area contributed by atoms with Gasteiger partial charge in [-0.25, -0.2) is 13.8 Å². The van der Waals surface area contributed by atoms with E-state index in [0.29, 0.717) is 11.2 Å². The molecule has 0 saturated heterocycles. The maximum absolute atomic E-state index is 13.5. The summed E-state index contributed by atoms with van der Waals surface area (Å²) in [6.07, 6.45) is 0. The van der Waals surface area contributed by atoms with Crippen LogP contribution in [-0.2, 0) is 0 Å². The Labute approximate surface area is 111 Å². The number of rotatable bonds is 2. The summed E-state index contributed by atoms with van der Waals surface area (Å²) < 4.78 is 32.8. The van der Waals surface area contributed by atoms with Crippen LogP contribution in [0.2, 0.25) is 0 Å². The molecule has 2 N–H and O–H groups in total. The number of anilines is 1. The summed E-state index contributed by atoms with van der Waals surface area (Å²) in [5.41, 5.74) is 8.47. The predicted octanol–water partition coefficient (Wildman–Crippen LogP) is 3.95. The Morgan fingerprint density at radius 1 is 1.11 bits per heavy atom. The number of fused-ring (bicyclic) bond motifs is 1. The summed E-state index contributed by atoms with van der Waals surface area (Å²) in [6, 6.07) is 6.38. The molecule has 6 heteroatoms. The lowest BCUT2D eigenvalue weighted by Crippen LogP contribution is -1.95. The second kappa shape index (κ2) is 4.47. The molecule has 0 aliphatic heterocycles. The van der Waals surface area contributed by atoms with Gasteiger partial charge < -0.3 is 10.5 Å².